The van der Waals surface area contributed by atoms with Crippen LogP contribution in [0.2, 0.25) is 0 Å². The van der Waals surface area contributed by atoms with Crippen molar-refractivity contribution in [3.63, 3.8) is 0 Å². The van der Waals surface area contributed by atoms with Crippen molar-refractivity contribution in [2.45, 2.75) is 23.9 Å². The Hall–Kier alpha value is -3.86. The first-order valence-corrected chi connectivity index (χ1v) is 12.0. The van der Waals surface area contributed by atoms with E-state index in [1.807, 2.05) is 18.2 Å². The van der Waals surface area contributed by atoms with Gasteiger partial charge in [0.1, 0.15) is 11.6 Å². The van der Waals surface area contributed by atoms with E-state index in [1.165, 1.54) is 23.8 Å². The maximum Gasteiger partial charge on any atom is 0.416 e. The van der Waals surface area contributed by atoms with E-state index >= 15 is 0 Å². The summed E-state index contributed by atoms with van der Waals surface area (Å²) < 4.78 is 70.6. The monoisotopic (exact) mass is 516 g/mol. The van der Waals surface area contributed by atoms with Crippen LogP contribution in [0.3, 0.4) is 0 Å². The fraction of sp³-hybridized carbons (Fsp3) is 0.160. The fourth-order valence-corrected chi connectivity index (χ4v) is 4.17. The molecule has 11 heteroatoms. The van der Waals surface area contributed by atoms with Gasteiger partial charge in [-0.15, -0.1) is 5.10 Å². The molecule has 4 aromatic rings. The molecule has 1 atom stereocenters. The van der Waals surface area contributed by atoms with Crippen LogP contribution in [-0.2, 0) is 23.6 Å². The molecule has 0 radical (unpaired) electrons. The minimum absolute atomic E-state index is 0.303. The number of nitrogens with one attached hydrogen (secondary N) is 1. The zero-order valence-electron chi connectivity index (χ0n) is 18.7. The molecule has 0 saturated heterocycles. The van der Waals surface area contributed by atoms with Gasteiger partial charge in [-0.25, -0.2) is 8.60 Å². The summed E-state index contributed by atoms with van der Waals surface area (Å²) in [6, 6.07) is 16.4. The van der Waals surface area contributed by atoms with Crippen LogP contribution in [0.5, 0.6) is 5.75 Å². The highest BCUT2D eigenvalue weighted by Gasteiger charge is 2.30. The van der Waals surface area contributed by atoms with Crippen LogP contribution in [0, 0.1) is 5.82 Å². The van der Waals surface area contributed by atoms with Crippen molar-refractivity contribution in [1.82, 2.24) is 15.2 Å². The molecule has 2 aromatic carbocycles. The number of benzene rings is 2. The molecule has 1 unspecified atom stereocenters. The first-order chi connectivity index (χ1) is 17.3. The van der Waals surface area contributed by atoms with Crippen LogP contribution >= 0.6 is 0 Å². The predicted molar refractivity (Wildman–Crippen MR) is 127 cm³/mol. The Morgan fingerprint density at radius 2 is 1.86 bits per heavy atom. The minimum atomic E-state index is -4.39. The molecule has 0 saturated carbocycles. The predicted octanol–water partition coefficient (Wildman–Crippen LogP) is 5.84. The molecule has 6 nitrogen and oxygen atoms in total. The molecule has 0 spiro atoms. The average molecular weight is 517 g/mol. The normalized spacial score (nSPS) is 13.4. The van der Waals surface area contributed by atoms with Crippen molar-refractivity contribution in [3.05, 3.63) is 96.1 Å². The molecule has 0 aliphatic carbocycles. The van der Waals surface area contributed by atoms with E-state index in [1.54, 1.807) is 18.3 Å². The number of alkyl halides is 3. The number of nitrogens with zero attached hydrogens (tertiary/aromatic N) is 3. The Morgan fingerprint density at radius 1 is 1.00 bits per heavy atom. The second-order valence-electron chi connectivity index (χ2n) is 7.64. The van der Waals surface area contributed by atoms with E-state index in [0.29, 0.717) is 22.0 Å². The highest BCUT2D eigenvalue weighted by atomic mass is 32.2. The van der Waals surface area contributed by atoms with Gasteiger partial charge in [0, 0.05) is 11.8 Å². The molecular formula is C25H20F4N4O2S. The number of rotatable bonds is 4. The lowest BCUT2D eigenvalue weighted by atomic mass is 10.1. The van der Waals surface area contributed by atoms with Gasteiger partial charge < -0.3 is 4.74 Å². The summed E-state index contributed by atoms with van der Waals surface area (Å²) in [4.78, 5) is 4.40. The molecule has 1 aliphatic heterocycles. The average Bonchev–Trinajstić information content (AvgIpc) is 2.89. The first kappa shape index (κ1) is 25.2. The topological polar surface area (TPSA) is 77.0 Å². The number of pyridine rings is 1. The lowest BCUT2D eigenvalue weighted by Gasteiger charge is -2.17. The van der Waals surface area contributed by atoms with Gasteiger partial charge in [0.2, 0.25) is 0 Å². The van der Waals surface area contributed by atoms with Gasteiger partial charge in [-0.1, -0.05) is 18.2 Å². The SMILES string of the molecule is Fc1ccc(-c2cccc(C(F)(F)F)c2)nc1.O=S(Nc1cccnn1)c1ccc2c(c1)OCCC2. The third-order valence-corrected chi connectivity index (χ3v) is 6.16. The van der Waals surface area contributed by atoms with E-state index in [4.69, 9.17) is 4.74 Å². The summed E-state index contributed by atoms with van der Waals surface area (Å²) in [5, 5.41) is 7.58. The Morgan fingerprint density at radius 3 is 2.58 bits per heavy atom. The zero-order chi connectivity index (χ0) is 25.5. The van der Waals surface area contributed by atoms with E-state index in [0.717, 1.165) is 49.6 Å². The van der Waals surface area contributed by atoms with Gasteiger partial charge in [-0.2, -0.15) is 18.3 Å². The highest BCUT2D eigenvalue weighted by molar-refractivity contribution is 7.86. The van der Waals surface area contributed by atoms with E-state index in [-0.39, 0.29) is 0 Å². The summed E-state index contributed by atoms with van der Waals surface area (Å²) in [6.45, 7) is 0.723. The molecular weight excluding hydrogens is 496 g/mol. The summed E-state index contributed by atoms with van der Waals surface area (Å²) in [6.07, 6.45) is 0.194. The van der Waals surface area contributed by atoms with Crippen LogP contribution in [0.1, 0.15) is 17.5 Å². The first-order valence-electron chi connectivity index (χ1n) is 10.8. The quantitative estimate of drug-likeness (QED) is 0.345. The number of fused-ring (bicyclic) bond motifs is 1. The molecule has 5 rings (SSSR count). The van der Waals surface area contributed by atoms with Crippen LogP contribution in [-0.4, -0.2) is 26.0 Å². The van der Waals surface area contributed by atoms with Gasteiger partial charge in [0.15, 0.2) is 16.8 Å². The van der Waals surface area contributed by atoms with Gasteiger partial charge in [-0.05, 0) is 66.9 Å². The third-order valence-electron chi connectivity index (χ3n) is 5.08. The van der Waals surface area contributed by atoms with E-state index < -0.39 is 28.5 Å². The Kier molecular flexibility index (Phi) is 7.89. The summed E-state index contributed by atoms with van der Waals surface area (Å²) in [5.74, 6) is 0.790. The zero-order valence-corrected chi connectivity index (χ0v) is 19.5. The number of anilines is 1. The van der Waals surface area contributed by atoms with Gasteiger partial charge in [0.25, 0.3) is 0 Å². The lowest BCUT2D eigenvalue weighted by molar-refractivity contribution is -0.137. The Bertz CT molecular complexity index is 1340. The fourth-order valence-electron chi connectivity index (χ4n) is 3.35. The van der Waals surface area contributed by atoms with E-state index in [2.05, 4.69) is 19.9 Å². The highest BCUT2D eigenvalue weighted by Crippen LogP contribution is 2.31. The van der Waals surface area contributed by atoms with Crippen molar-refractivity contribution in [1.29, 1.82) is 0 Å². The molecule has 36 heavy (non-hydrogen) atoms. The Balaban J connectivity index is 0.000000170. The lowest BCUT2D eigenvalue weighted by Crippen LogP contribution is -2.11. The van der Waals surface area contributed by atoms with Crippen LogP contribution in [0.25, 0.3) is 11.3 Å². The van der Waals surface area contributed by atoms with Crippen molar-refractivity contribution in [2.75, 3.05) is 11.3 Å². The molecule has 186 valence electrons. The number of halogens is 4. The molecule has 0 fully saturated rings. The summed E-state index contributed by atoms with van der Waals surface area (Å²) in [5.41, 5.74) is 1.03. The molecule has 0 bridgehead atoms. The summed E-state index contributed by atoms with van der Waals surface area (Å²) >= 11 is 0. The van der Waals surface area contributed by atoms with Crippen LogP contribution in [0.15, 0.2) is 84.0 Å². The van der Waals surface area contributed by atoms with E-state index in [9.17, 15) is 21.8 Å². The largest absolute Gasteiger partial charge is 0.493 e. The Labute approximate surface area is 207 Å². The number of hydrogen-bond donors (Lipinski definition) is 1. The van der Waals surface area contributed by atoms with Crippen molar-refractivity contribution >= 4 is 16.8 Å². The maximum absolute atomic E-state index is 12.6. The van der Waals surface area contributed by atoms with Gasteiger partial charge >= 0.3 is 6.18 Å². The number of aryl methyl sites for hydroxylation is 1. The third kappa shape index (κ3) is 6.63. The molecule has 0 amide bonds. The smallest absolute Gasteiger partial charge is 0.416 e. The van der Waals surface area contributed by atoms with Crippen LogP contribution in [0.4, 0.5) is 23.4 Å². The van der Waals surface area contributed by atoms with Crippen molar-refractivity contribution in [2.24, 2.45) is 0 Å². The van der Waals surface area contributed by atoms with Crippen molar-refractivity contribution in [3.8, 4) is 17.0 Å². The summed E-state index contributed by atoms with van der Waals surface area (Å²) in [7, 11) is -1.36. The number of ether oxygens (including phenoxy) is 1. The van der Waals surface area contributed by atoms with Crippen LogP contribution < -0.4 is 9.46 Å². The molecule has 2 aromatic heterocycles. The maximum atomic E-state index is 12.6. The van der Waals surface area contributed by atoms with Gasteiger partial charge in [0.05, 0.1) is 29.0 Å². The minimum Gasteiger partial charge on any atom is -0.493 e. The number of hydrogen-bond acceptors (Lipinski definition) is 5. The number of aromatic nitrogens is 3. The standard InChI is InChI=1S/C13H13N3O2S.C12H7F4N/c17-19(16-13-4-1-7-14-15-13)11-6-5-10-3-2-8-18-12(10)9-11;13-10-4-5-11(17-7-10)8-2-1-3-9(6-8)12(14,15)16/h1,4-7,9H,2-3,8H2,(H,15,16);1-7H. The second kappa shape index (κ2) is 11.3. The molecule has 1 aliphatic rings. The van der Waals surface area contributed by atoms with Crippen molar-refractivity contribution < 1.29 is 26.5 Å². The second-order valence-corrected chi connectivity index (χ2v) is 8.85. The van der Waals surface area contributed by atoms with Gasteiger partial charge in [-0.3, -0.25) is 9.71 Å². The molecule has 1 N–H and O–H groups in total. The molecule has 3 heterocycles.